The third-order valence-electron chi connectivity index (χ3n) is 5.45. The minimum Gasteiger partial charge on any atom is -0.481 e. The molecule has 0 bridgehead atoms. The Morgan fingerprint density at radius 3 is 2.64 bits per heavy atom. The van der Waals surface area contributed by atoms with E-state index in [1.807, 2.05) is 11.1 Å². The maximum atomic E-state index is 12.9. The third-order valence-corrected chi connectivity index (χ3v) is 8.27. The van der Waals surface area contributed by atoms with Gasteiger partial charge < -0.3 is 14.8 Å². The summed E-state index contributed by atoms with van der Waals surface area (Å²) < 4.78 is 0. The molecule has 2 fully saturated rings. The van der Waals surface area contributed by atoms with E-state index >= 15 is 0 Å². The molecular formula is C19H30BN3O3S2. The summed E-state index contributed by atoms with van der Waals surface area (Å²) in [5.41, 5.74) is 0.118. The zero-order valence-electron chi connectivity index (χ0n) is 17.2. The highest BCUT2D eigenvalue weighted by atomic mass is 32.2. The van der Waals surface area contributed by atoms with Gasteiger partial charge in [-0.25, -0.2) is 4.98 Å². The summed E-state index contributed by atoms with van der Waals surface area (Å²) >= 11 is 3.18. The molecule has 0 aromatic carbocycles. The van der Waals surface area contributed by atoms with E-state index in [2.05, 4.69) is 33.6 Å². The Hall–Kier alpha value is -1.06. The van der Waals surface area contributed by atoms with Crippen molar-refractivity contribution >= 4 is 43.0 Å². The Morgan fingerprint density at radius 2 is 2.04 bits per heavy atom. The molecule has 9 heteroatoms. The number of hydrogen-bond acceptors (Lipinski definition) is 6. The summed E-state index contributed by atoms with van der Waals surface area (Å²) in [4.78, 5) is 34.1. The number of piperidine rings is 1. The van der Waals surface area contributed by atoms with Crippen molar-refractivity contribution < 1.29 is 14.7 Å². The number of aliphatic carboxylic acids is 1. The normalized spacial score (nSPS) is 24.8. The molecule has 28 heavy (non-hydrogen) atoms. The highest BCUT2D eigenvalue weighted by Gasteiger charge is 2.43. The number of hydrogen-bond donors (Lipinski definition) is 1. The molecule has 2 aliphatic heterocycles. The molecule has 3 heterocycles. The van der Waals surface area contributed by atoms with Crippen LogP contribution in [0.25, 0.3) is 0 Å². The van der Waals surface area contributed by atoms with Crippen LogP contribution in [0.5, 0.6) is 0 Å². The molecule has 1 aromatic rings. The molecule has 0 radical (unpaired) electrons. The number of carbonyl (C=O) groups excluding carboxylic acids is 1. The number of carboxylic acid groups (broad SMARTS) is 1. The first-order valence-electron chi connectivity index (χ1n) is 9.96. The van der Waals surface area contributed by atoms with Crippen LogP contribution in [-0.4, -0.2) is 64.5 Å². The van der Waals surface area contributed by atoms with Crippen molar-refractivity contribution in [1.29, 1.82) is 0 Å². The van der Waals surface area contributed by atoms with E-state index < -0.39 is 11.2 Å². The SMILES string of the molecule is BN1CCC(c2ncc(C3S[C@@H](CC(=O)O)C(=O)N3CCC(C)(C)C)s2)CC1. The molecule has 0 spiro atoms. The van der Waals surface area contributed by atoms with Gasteiger partial charge in [0, 0.05) is 18.7 Å². The average Bonchev–Trinajstić information content (AvgIpc) is 3.19. The Kier molecular flexibility index (Phi) is 6.77. The van der Waals surface area contributed by atoms with Crippen LogP contribution in [0.15, 0.2) is 6.20 Å². The van der Waals surface area contributed by atoms with Crippen molar-refractivity contribution in [2.24, 2.45) is 5.41 Å². The fourth-order valence-electron chi connectivity index (χ4n) is 3.64. The zero-order chi connectivity index (χ0) is 20.5. The second-order valence-corrected chi connectivity index (χ2v) is 11.5. The van der Waals surface area contributed by atoms with E-state index in [1.165, 1.54) is 11.8 Å². The van der Waals surface area contributed by atoms with Crippen LogP contribution in [0.4, 0.5) is 0 Å². The van der Waals surface area contributed by atoms with Gasteiger partial charge in [-0.1, -0.05) is 20.8 Å². The van der Waals surface area contributed by atoms with Crippen LogP contribution in [0.3, 0.4) is 0 Å². The predicted molar refractivity (Wildman–Crippen MR) is 116 cm³/mol. The topological polar surface area (TPSA) is 73.7 Å². The number of nitrogens with zero attached hydrogens (tertiary/aromatic N) is 3. The second kappa shape index (κ2) is 8.75. The van der Waals surface area contributed by atoms with Gasteiger partial charge in [0.1, 0.15) is 5.37 Å². The van der Waals surface area contributed by atoms with E-state index in [0.717, 1.165) is 42.2 Å². The lowest BCUT2D eigenvalue weighted by atomic mass is 9.92. The summed E-state index contributed by atoms with van der Waals surface area (Å²) in [6, 6.07) is 0. The Morgan fingerprint density at radius 1 is 1.36 bits per heavy atom. The van der Waals surface area contributed by atoms with E-state index in [4.69, 9.17) is 4.98 Å². The molecule has 1 aromatic heterocycles. The molecule has 2 aliphatic rings. The van der Waals surface area contributed by atoms with E-state index in [-0.39, 0.29) is 23.1 Å². The summed E-state index contributed by atoms with van der Waals surface area (Å²) in [5.74, 6) is -0.468. The number of rotatable bonds is 6. The average molecular weight is 423 g/mol. The highest BCUT2D eigenvalue weighted by Crippen LogP contribution is 2.47. The minimum absolute atomic E-state index is 0.0455. The Bertz CT molecular complexity index is 714. The van der Waals surface area contributed by atoms with Crippen molar-refractivity contribution in [3.05, 3.63) is 16.1 Å². The Balaban J connectivity index is 1.76. The summed E-state index contributed by atoms with van der Waals surface area (Å²) in [7, 11) is 2.15. The predicted octanol–water partition coefficient (Wildman–Crippen LogP) is 2.72. The highest BCUT2D eigenvalue weighted by molar-refractivity contribution is 8.01. The first kappa shape index (κ1) is 21.6. The molecule has 1 unspecified atom stereocenters. The lowest BCUT2D eigenvalue weighted by molar-refractivity contribution is -0.140. The zero-order valence-corrected chi connectivity index (χ0v) is 18.8. The molecule has 0 aliphatic carbocycles. The van der Waals surface area contributed by atoms with Crippen molar-refractivity contribution in [2.75, 3.05) is 19.6 Å². The summed E-state index contributed by atoms with van der Waals surface area (Å²) in [6.45, 7) is 9.32. The largest absolute Gasteiger partial charge is 0.481 e. The van der Waals surface area contributed by atoms with Crippen molar-refractivity contribution in [2.45, 2.75) is 63.0 Å². The second-order valence-electron chi connectivity index (χ2n) is 9.10. The van der Waals surface area contributed by atoms with Gasteiger partial charge in [0.25, 0.3) is 0 Å². The first-order valence-corrected chi connectivity index (χ1v) is 11.7. The molecule has 2 saturated heterocycles. The van der Waals surface area contributed by atoms with E-state index in [0.29, 0.717) is 12.5 Å². The third kappa shape index (κ3) is 5.30. The van der Waals surface area contributed by atoms with Crippen molar-refractivity contribution in [3.8, 4) is 0 Å². The van der Waals surface area contributed by atoms with Crippen molar-refractivity contribution in [1.82, 2.24) is 14.7 Å². The number of thiazole rings is 1. The van der Waals surface area contributed by atoms with Gasteiger partial charge in [-0.3, -0.25) is 9.59 Å². The molecule has 2 atom stereocenters. The maximum Gasteiger partial charge on any atom is 0.305 e. The van der Waals surface area contributed by atoms with Gasteiger partial charge in [0.15, 0.2) is 7.98 Å². The fourth-order valence-corrected chi connectivity index (χ4v) is 6.39. The quantitative estimate of drug-likeness (QED) is 0.710. The first-order chi connectivity index (χ1) is 13.1. The van der Waals surface area contributed by atoms with Crippen LogP contribution < -0.4 is 0 Å². The molecule has 154 valence electrons. The molecule has 0 saturated carbocycles. The van der Waals surface area contributed by atoms with Gasteiger partial charge in [-0.05, 0) is 37.8 Å². The summed E-state index contributed by atoms with van der Waals surface area (Å²) in [6.07, 6.45) is 4.92. The van der Waals surface area contributed by atoms with Crippen LogP contribution in [0, 0.1) is 5.41 Å². The monoisotopic (exact) mass is 423 g/mol. The van der Waals surface area contributed by atoms with Crippen LogP contribution in [0.1, 0.15) is 67.6 Å². The number of amides is 1. The van der Waals surface area contributed by atoms with Crippen LogP contribution in [0.2, 0.25) is 0 Å². The van der Waals surface area contributed by atoms with Gasteiger partial charge in [-0.2, -0.15) is 0 Å². The molecule has 6 nitrogen and oxygen atoms in total. The smallest absolute Gasteiger partial charge is 0.305 e. The summed E-state index contributed by atoms with van der Waals surface area (Å²) in [5, 5.41) is 9.74. The van der Waals surface area contributed by atoms with Crippen LogP contribution in [-0.2, 0) is 9.59 Å². The minimum atomic E-state index is -0.918. The number of carbonyl (C=O) groups is 2. The van der Waals surface area contributed by atoms with E-state index in [1.54, 1.807) is 11.3 Å². The number of carboxylic acids is 1. The maximum absolute atomic E-state index is 12.9. The number of thioether (sulfide) groups is 1. The van der Waals surface area contributed by atoms with Gasteiger partial charge in [0.05, 0.1) is 21.6 Å². The fraction of sp³-hybridized carbons (Fsp3) is 0.737. The van der Waals surface area contributed by atoms with Gasteiger partial charge >= 0.3 is 5.97 Å². The lowest BCUT2D eigenvalue weighted by Crippen LogP contribution is -2.34. The van der Waals surface area contributed by atoms with Crippen LogP contribution >= 0.6 is 23.1 Å². The lowest BCUT2D eigenvalue weighted by Gasteiger charge is -2.28. The Labute approximate surface area is 176 Å². The molecular weight excluding hydrogens is 393 g/mol. The molecule has 1 amide bonds. The number of aromatic nitrogens is 1. The van der Waals surface area contributed by atoms with Gasteiger partial charge in [0.2, 0.25) is 5.91 Å². The van der Waals surface area contributed by atoms with Crippen molar-refractivity contribution in [3.63, 3.8) is 0 Å². The van der Waals surface area contributed by atoms with Gasteiger partial charge in [-0.15, -0.1) is 23.1 Å². The van der Waals surface area contributed by atoms with E-state index in [9.17, 15) is 14.7 Å². The standard InChI is InChI=1S/C19H30BN3O3S2/c1-19(2,3)6-9-23-17(26)13(10-15(24)25)28-18(23)14-11-21-16(27-14)12-4-7-22(20)8-5-12/h11-13,18H,4-10,20H2,1-3H3,(H,24,25)/t13-,18?/m0/s1. The molecule has 1 N–H and O–H groups in total. The molecule has 3 rings (SSSR count).